The highest BCUT2D eigenvalue weighted by Crippen LogP contribution is 2.42. The van der Waals surface area contributed by atoms with Crippen LogP contribution in [0.25, 0.3) is 0 Å². The molecule has 3 aromatic rings. The summed E-state index contributed by atoms with van der Waals surface area (Å²) < 4.78 is 42.9. The summed E-state index contributed by atoms with van der Waals surface area (Å²) in [5.74, 6) is -1.07. The number of hydrogen-bond donors (Lipinski definition) is 1. The molecular formula is C18H12F3N5O3S. The second-order valence-electron chi connectivity index (χ2n) is 6.43. The first-order valence-corrected chi connectivity index (χ1v) is 9.32. The Morgan fingerprint density at radius 1 is 1.30 bits per heavy atom. The van der Waals surface area contributed by atoms with E-state index in [1.807, 2.05) is 0 Å². The van der Waals surface area contributed by atoms with Gasteiger partial charge in [0, 0.05) is 17.0 Å². The van der Waals surface area contributed by atoms with Gasteiger partial charge in [0.15, 0.2) is 0 Å². The predicted octanol–water partition coefficient (Wildman–Crippen LogP) is 4.27. The Kier molecular flexibility index (Phi) is 4.65. The Morgan fingerprint density at radius 3 is 2.70 bits per heavy atom. The SMILES string of the molecule is Cc1ccc(C(=O)C2=C(C(F)(F)F)Nc3ncnn3[C@H]2c2cccc([N+](=O)[O-])c2)s1. The highest BCUT2D eigenvalue weighted by molar-refractivity contribution is 7.14. The molecule has 0 fully saturated rings. The lowest BCUT2D eigenvalue weighted by Gasteiger charge is -2.30. The highest BCUT2D eigenvalue weighted by Gasteiger charge is 2.46. The number of anilines is 1. The van der Waals surface area contributed by atoms with Gasteiger partial charge < -0.3 is 5.32 Å². The molecule has 8 nitrogen and oxygen atoms in total. The van der Waals surface area contributed by atoms with Gasteiger partial charge in [-0.25, -0.2) is 4.68 Å². The number of aryl methyl sites for hydroxylation is 1. The van der Waals surface area contributed by atoms with E-state index in [0.29, 0.717) is 0 Å². The second kappa shape index (κ2) is 7.06. The number of nitrogens with zero attached hydrogens (tertiary/aromatic N) is 4. The molecule has 0 aliphatic carbocycles. The summed E-state index contributed by atoms with van der Waals surface area (Å²) >= 11 is 1.06. The molecule has 1 aliphatic rings. The van der Waals surface area contributed by atoms with Gasteiger partial charge in [-0.1, -0.05) is 12.1 Å². The molecule has 1 atom stereocenters. The normalized spacial score (nSPS) is 16.2. The van der Waals surface area contributed by atoms with Gasteiger partial charge >= 0.3 is 6.18 Å². The van der Waals surface area contributed by atoms with E-state index in [9.17, 15) is 28.1 Å². The van der Waals surface area contributed by atoms with Gasteiger partial charge in [-0.05, 0) is 24.6 Å². The van der Waals surface area contributed by atoms with Crippen LogP contribution in [0.3, 0.4) is 0 Å². The van der Waals surface area contributed by atoms with E-state index in [1.165, 1.54) is 24.3 Å². The Bertz CT molecular complexity index is 1200. The van der Waals surface area contributed by atoms with Crippen LogP contribution in [0.5, 0.6) is 0 Å². The molecule has 2 aromatic heterocycles. The lowest BCUT2D eigenvalue weighted by Crippen LogP contribution is -2.35. The smallest absolute Gasteiger partial charge is 0.320 e. The number of ketones is 1. The molecule has 154 valence electrons. The van der Waals surface area contributed by atoms with Gasteiger partial charge in [0.05, 0.1) is 15.4 Å². The van der Waals surface area contributed by atoms with Crippen LogP contribution in [0.4, 0.5) is 24.8 Å². The number of fused-ring (bicyclic) bond motifs is 1. The molecule has 0 bridgehead atoms. The number of Topliss-reactive ketones (excluding diaryl/α,β-unsaturated/α-hetero) is 1. The van der Waals surface area contributed by atoms with Crippen molar-refractivity contribution in [3.05, 3.63) is 79.4 Å². The van der Waals surface area contributed by atoms with Gasteiger partial charge in [0.25, 0.3) is 5.69 Å². The fourth-order valence-electron chi connectivity index (χ4n) is 3.23. The summed E-state index contributed by atoms with van der Waals surface area (Å²) in [5.41, 5.74) is -2.09. The number of nitro groups is 1. The number of alkyl halides is 3. The zero-order chi connectivity index (χ0) is 21.6. The van der Waals surface area contributed by atoms with Gasteiger partial charge in [0.2, 0.25) is 11.7 Å². The summed E-state index contributed by atoms with van der Waals surface area (Å²) in [4.78, 5) is 28.4. The molecule has 1 N–H and O–H groups in total. The van der Waals surface area contributed by atoms with E-state index in [4.69, 9.17) is 0 Å². The summed E-state index contributed by atoms with van der Waals surface area (Å²) in [5, 5.41) is 17.3. The molecule has 12 heteroatoms. The van der Waals surface area contributed by atoms with Gasteiger partial charge in [-0.2, -0.15) is 23.3 Å². The van der Waals surface area contributed by atoms with Crippen molar-refractivity contribution in [1.29, 1.82) is 0 Å². The molecule has 3 heterocycles. The largest absolute Gasteiger partial charge is 0.431 e. The van der Waals surface area contributed by atoms with Crippen LogP contribution in [0.15, 0.2) is 54.0 Å². The van der Waals surface area contributed by atoms with E-state index in [2.05, 4.69) is 15.4 Å². The zero-order valence-corrected chi connectivity index (χ0v) is 16.0. The number of rotatable bonds is 4. The summed E-state index contributed by atoms with van der Waals surface area (Å²) in [6.45, 7) is 1.73. The molecule has 0 spiro atoms. The van der Waals surface area contributed by atoms with E-state index in [1.54, 1.807) is 13.0 Å². The fraction of sp³-hybridized carbons (Fsp3) is 0.167. The number of halogens is 3. The van der Waals surface area contributed by atoms with E-state index >= 15 is 0 Å². The third-order valence-electron chi connectivity index (χ3n) is 4.49. The first kappa shape index (κ1) is 19.8. The van der Waals surface area contributed by atoms with Gasteiger partial charge in [0.1, 0.15) is 18.1 Å². The molecule has 1 aliphatic heterocycles. The molecular weight excluding hydrogens is 423 g/mol. The monoisotopic (exact) mass is 435 g/mol. The van der Waals surface area contributed by atoms with Crippen molar-refractivity contribution in [2.45, 2.75) is 19.1 Å². The number of carbonyl (C=O) groups excluding carboxylic acids is 1. The van der Waals surface area contributed by atoms with Crippen molar-refractivity contribution in [2.75, 3.05) is 5.32 Å². The predicted molar refractivity (Wildman–Crippen MR) is 101 cm³/mol. The Balaban J connectivity index is 1.98. The van der Waals surface area contributed by atoms with Crippen LogP contribution >= 0.6 is 11.3 Å². The maximum absolute atomic E-state index is 13.9. The number of thiophene rings is 1. The number of nitro benzene ring substituents is 1. The number of hydrogen-bond acceptors (Lipinski definition) is 7. The summed E-state index contributed by atoms with van der Waals surface area (Å²) in [6.07, 6.45) is -3.85. The second-order valence-corrected chi connectivity index (χ2v) is 7.72. The van der Waals surface area contributed by atoms with Crippen LogP contribution in [-0.2, 0) is 0 Å². The highest BCUT2D eigenvalue weighted by atomic mass is 32.1. The van der Waals surface area contributed by atoms with Crippen molar-refractivity contribution in [3.63, 3.8) is 0 Å². The standard InChI is InChI=1S/C18H12F3N5O3S/c1-9-5-6-12(30-9)15(27)13-14(10-3-2-4-11(7-10)26(28)29)25-17(22-8-23-25)24-16(13)18(19,20)21/h2-8,14H,1H3,(H,22,23,24)/t14-/m0/s1. The Hall–Kier alpha value is -3.54. The Labute approximate surface area is 170 Å². The minimum atomic E-state index is -4.90. The first-order valence-electron chi connectivity index (χ1n) is 8.50. The number of nitrogens with one attached hydrogen (secondary N) is 1. The lowest BCUT2D eigenvalue weighted by molar-refractivity contribution is -0.384. The van der Waals surface area contributed by atoms with Gasteiger partial charge in [-0.3, -0.25) is 14.9 Å². The summed E-state index contributed by atoms with van der Waals surface area (Å²) in [6, 6.07) is 6.82. The minimum absolute atomic E-state index is 0.107. The van der Waals surface area contributed by atoms with Crippen molar-refractivity contribution >= 4 is 28.8 Å². The van der Waals surface area contributed by atoms with Crippen molar-refractivity contribution in [1.82, 2.24) is 14.8 Å². The van der Waals surface area contributed by atoms with E-state index in [-0.39, 0.29) is 22.1 Å². The topological polar surface area (TPSA) is 103 Å². The van der Waals surface area contributed by atoms with E-state index < -0.39 is 34.2 Å². The van der Waals surface area contributed by atoms with Crippen LogP contribution in [-0.4, -0.2) is 31.6 Å². The summed E-state index contributed by atoms with van der Waals surface area (Å²) in [7, 11) is 0. The molecule has 0 saturated heterocycles. The molecule has 4 rings (SSSR count). The average Bonchev–Trinajstić information content (AvgIpc) is 3.34. The van der Waals surface area contributed by atoms with Crippen LogP contribution < -0.4 is 5.32 Å². The molecule has 0 saturated carbocycles. The van der Waals surface area contributed by atoms with Gasteiger partial charge in [-0.15, -0.1) is 11.3 Å². The van der Waals surface area contributed by atoms with Crippen molar-refractivity contribution in [3.8, 4) is 0 Å². The van der Waals surface area contributed by atoms with Crippen LogP contribution in [0, 0.1) is 17.0 Å². The zero-order valence-electron chi connectivity index (χ0n) is 15.2. The Morgan fingerprint density at radius 2 is 2.07 bits per heavy atom. The fourth-order valence-corrected chi connectivity index (χ4v) is 4.06. The number of carbonyl (C=O) groups is 1. The maximum Gasteiger partial charge on any atom is 0.431 e. The third kappa shape index (κ3) is 3.34. The average molecular weight is 435 g/mol. The quantitative estimate of drug-likeness (QED) is 0.373. The number of aromatic nitrogens is 3. The molecule has 0 radical (unpaired) electrons. The maximum atomic E-state index is 13.9. The van der Waals surface area contributed by atoms with E-state index in [0.717, 1.165) is 33.3 Å². The van der Waals surface area contributed by atoms with Crippen LogP contribution in [0.1, 0.15) is 26.2 Å². The molecule has 0 amide bonds. The molecule has 1 aromatic carbocycles. The number of non-ortho nitro benzene ring substituents is 1. The van der Waals surface area contributed by atoms with Crippen molar-refractivity contribution < 1.29 is 22.9 Å². The molecule has 30 heavy (non-hydrogen) atoms. The number of allylic oxidation sites excluding steroid dienone is 2. The van der Waals surface area contributed by atoms with Crippen LogP contribution in [0.2, 0.25) is 0 Å². The third-order valence-corrected chi connectivity index (χ3v) is 5.49. The lowest BCUT2D eigenvalue weighted by atomic mass is 9.91. The number of benzene rings is 1. The first-order chi connectivity index (χ1) is 14.2. The van der Waals surface area contributed by atoms with Crippen molar-refractivity contribution in [2.24, 2.45) is 0 Å². The molecule has 0 unspecified atom stereocenters. The minimum Gasteiger partial charge on any atom is -0.320 e.